The van der Waals surface area contributed by atoms with Crippen molar-refractivity contribution < 1.29 is 0 Å². The van der Waals surface area contributed by atoms with Gasteiger partial charge in [-0.3, -0.25) is 0 Å². The molecule has 1 aliphatic rings. The average molecular weight is 268 g/mol. The highest BCUT2D eigenvalue weighted by molar-refractivity contribution is 6.17. The van der Waals surface area contributed by atoms with Crippen LogP contribution in [0, 0.1) is 0 Å². The smallest absolute Gasteiger partial charge is 0.131 e. The minimum absolute atomic E-state index is 0.349. The third-order valence-electron chi connectivity index (χ3n) is 3.27. The maximum atomic E-state index is 6.06. The Balaban J connectivity index is 2.30. The molecule has 0 spiro atoms. The summed E-state index contributed by atoms with van der Waals surface area (Å²) in [4.78, 5) is 11.5. The van der Waals surface area contributed by atoms with E-state index in [1.165, 1.54) is 12.8 Å². The van der Waals surface area contributed by atoms with Crippen molar-refractivity contribution in [2.75, 3.05) is 11.4 Å². The van der Waals surface area contributed by atoms with Crippen LogP contribution in [0.25, 0.3) is 0 Å². The summed E-state index contributed by atoms with van der Waals surface area (Å²) in [6.45, 7) is 7.49. The summed E-state index contributed by atoms with van der Waals surface area (Å²) in [6.07, 6.45) is 5.68. The lowest BCUT2D eigenvalue weighted by atomic mass is 10.2. The molecule has 0 radical (unpaired) electrons. The number of hydrogen-bond acceptors (Lipinski definition) is 3. The van der Waals surface area contributed by atoms with E-state index in [2.05, 4.69) is 35.6 Å². The zero-order valence-electron chi connectivity index (χ0n) is 11.5. The second-order valence-corrected chi connectivity index (χ2v) is 5.54. The number of anilines is 1. The summed E-state index contributed by atoms with van der Waals surface area (Å²) in [5.41, 5.74) is 2.12. The Hall–Kier alpha value is -0.830. The normalized spacial score (nSPS) is 15.2. The number of halogens is 1. The van der Waals surface area contributed by atoms with Crippen LogP contribution in [0.5, 0.6) is 0 Å². The minimum atomic E-state index is 0.349. The molecule has 3 nitrogen and oxygen atoms in total. The fraction of sp³-hybridized carbons (Fsp3) is 0.714. The molecule has 0 amide bonds. The lowest BCUT2D eigenvalue weighted by Crippen LogP contribution is -2.28. The molecular weight excluding hydrogens is 246 g/mol. The zero-order chi connectivity index (χ0) is 13.1. The van der Waals surface area contributed by atoms with Gasteiger partial charge in [0.25, 0.3) is 0 Å². The SMILES string of the molecule is CCCN(c1cnc(C(C)C)nc1CCl)C1CC1. The first-order valence-electron chi connectivity index (χ1n) is 6.85. The number of nitrogens with zero attached hydrogens (tertiary/aromatic N) is 3. The Morgan fingerprint density at radius 1 is 1.44 bits per heavy atom. The first-order chi connectivity index (χ1) is 8.67. The summed E-state index contributed by atoms with van der Waals surface area (Å²) < 4.78 is 0. The Bertz CT molecular complexity index is 402. The van der Waals surface area contributed by atoms with Gasteiger partial charge in [-0.05, 0) is 19.3 Å². The van der Waals surface area contributed by atoms with Gasteiger partial charge in [-0.25, -0.2) is 9.97 Å². The van der Waals surface area contributed by atoms with Crippen molar-refractivity contribution in [3.63, 3.8) is 0 Å². The topological polar surface area (TPSA) is 29.0 Å². The van der Waals surface area contributed by atoms with Crippen LogP contribution in [0.2, 0.25) is 0 Å². The van der Waals surface area contributed by atoms with Crippen molar-refractivity contribution >= 4 is 17.3 Å². The van der Waals surface area contributed by atoms with Gasteiger partial charge in [-0.1, -0.05) is 20.8 Å². The maximum absolute atomic E-state index is 6.06. The Labute approximate surface area is 115 Å². The van der Waals surface area contributed by atoms with Gasteiger partial charge in [0.2, 0.25) is 0 Å². The highest BCUT2D eigenvalue weighted by Gasteiger charge is 2.30. The Morgan fingerprint density at radius 2 is 2.17 bits per heavy atom. The standard InChI is InChI=1S/C14H22ClN3/c1-4-7-18(11-5-6-11)13-9-16-14(10(2)3)17-12(13)8-15/h9-11H,4-8H2,1-3H3. The molecule has 0 unspecified atom stereocenters. The van der Waals surface area contributed by atoms with Crippen LogP contribution < -0.4 is 4.90 Å². The summed E-state index contributed by atoms with van der Waals surface area (Å²) in [5, 5.41) is 0. The van der Waals surface area contributed by atoms with E-state index in [4.69, 9.17) is 11.6 Å². The summed E-state index contributed by atoms with van der Waals surface area (Å²) >= 11 is 6.06. The minimum Gasteiger partial charge on any atom is -0.366 e. The van der Waals surface area contributed by atoms with Crippen LogP contribution in [0.15, 0.2) is 6.20 Å². The lowest BCUT2D eigenvalue weighted by molar-refractivity contribution is 0.730. The summed E-state index contributed by atoms with van der Waals surface area (Å²) in [6, 6.07) is 0.681. The van der Waals surface area contributed by atoms with Gasteiger partial charge in [-0.15, -0.1) is 11.6 Å². The fourth-order valence-corrected chi connectivity index (χ4v) is 2.37. The molecule has 1 fully saturated rings. The van der Waals surface area contributed by atoms with E-state index in [1.807, 2.05) is 6.20 Å². The molecule has 0 aromatic carbocycles. The average Bonchev–Trinajstić information content (AvgIpc) is 3.19. The Morgan fingerprint density at radius 3 is 2.67 bits per heavy atom. The molecule has 0 N–H and O–H groups in total. The Kier molecular flexibility index (Phi) is 4.44. The third-order valence-corrected chi connectivity index (χ3v) is 3.52. The fourth-order valence-electron chi connectivity index (χ4n) is 2.17. The summed E-state index contributed by atoms with van der Waals surface area (Å²) in [5.74, 6) is 1.70. The second-order valence-electron chi connectivity index (χ2n) is 5.27. The molecular formula is C14H22ClN3. The summed E-state index contributed by atoms with van der Waals surface area (Å²) in [7, 11) is 0. The molecule has 1 heterocycles. The van der Waals surface area contributed by atoms with Crippen LogP contribution in [0.3, 0.4) is 0 Å². The van der Waals surface area contributed by atoms with Crippen LogP contribution in [0.4, 0.5) is 5.69 Å². The van der Waals surface area contributed by atoms with Crippen molar-refractivity contribution in [1.29, 1.82) is 0 Å². The first-order valence-corrected chi connectivity index (χ1v) is 7.39. The van der Waals surface area contributed by atoms with Crippen LogP contribution in [-0.2, 0) is 5.88 Å². The molecule has 100 valence electrons. The van der Waals surface area contributed by atoms with Crippen molar-refractivity contribution in [3.05, 3.63) is 17.7 Å². The molecule has 4 heteroatoms. The first kappa shape index (κ1) is 13.6. The quantitative estimate of drug-likeness (QED) is 0.736. The largest absolute Gasteiger partial charge is 0.366 e. The number of rotatable bonds is 6. The van der Waals surface area contributed by atoms with Gasteiger partial charge in [0.1, 0.15) is 5.82 Å². The van der Waals surface area contributed by atoms with E-state index in [9.17, 15) is 0 Å². The van der Waals surface area contributed by atoms with Crippen LogP contribution in [-0.4, -0.2) is 22.6 Å². The molecule has 0 aliphatic heterocycles. The van der Waals surface area contributed by atoms with E-state index in [0.29, 0.717) is 17.8 Å². The second kappa shape index (κ2) is 5.87. The van der Waals surface area contributed by atoms with E-state index in [0.717, 1.165) is 30.2 Å². The number of aromatic nitrogens is 2. The third kappa shape index (κ3) is 2.94. The van der Waals surface area contributed by atoms with Gasteiger partial charge in [0, 0.05) is 18.5 Å². The maximum Gasteiger partial charge on any atom is 0.131 e. The molecule has 0 bridgehead atoms. The van der Waals surface area contributed by atoms with E-state index < -0.39 is 0 Å². The van der Waals surface area contributed by atoms with Crippen molar-refractivity contribution in [2.45, 2.75) is 57.9 Å². The van der Waals surface area contributed by atoms with Crippen LogP contribution in [0.1, 0.15) is 57.5 Å². The molecule has 18 heavy (non-hydrogen) atoms. The predicted octanol–water partition coefficient (Wildman–Crippen LogP) is 3.72. The monoisotopic (exact) mass is 267 g/mol. The van der Waals surface area contributed by atoms with E-state index in [-0.39, 0.29) is 0 Å². The van der Waals surface area contributed by atoms with Gasteiger partial charge < -0.3 is 4.90 Å². The van der Waals surface area contributed by atoms with Gasteiger partial charge in [0.15, 0.2) is 0 Å². The number of hydrogen-bond donors (Lipinski definition) is 0. The molecule has 0 atom stereocenters. The van der Waals surface area contributed by atoms with Crippen molar-refractivity contribution in [3.8, 4) is 0 Å². The molecule has 1 aromatic rings. The van der Waals surface area contributed by atoms with Gasteiger partial charge in [0.05, 0.1) is 23.5 Å². The highest BCUT2D eigenvalue weighted by Crippen LogP contribution is 2.33. The molecule has 1 aliphatic carbocycles. The lowest BCUT2D eigenvalue weighted by Gasteiger charge is -2.25. The molecule has 2 rings (SSSR count). The molecule has 1 aromatic heterocycles. The van der Waals surface area contributed by atoms with Crippen molar-refractivity contribution in [2.24, 2.45) is 0 Å². The van der Waals surface area contributed by atoms with Crippen molar-refractivity contribution in [1.82, 2.24) is 9.97 Å². The van der Waals surface area contributed by atoms with Gasteiger partial charge in [-0.2, -0.15) is 0 Å². The molecule has 1 saturated carbocycles. The van der Waals surface area contributed by atoms with Gasteiger partial charge >= 0.3 is 0 Å². The van der Waals surface area contributed by atoms with Crippen LogP contribution >= 0.6 is 11.6 Å². The van der Waals surface area contributed by atoms with E-state index >= 15 is 0 Å². The molecule has 0 saturated heterocycles. The number of alkyl halides is 1. The van der Waals surface area contributed by atoms with E-state index in [1.54, 1.807) is 0 Å². The predicted molar refractivity (Wildman–Crippen MR) is 76.3 cm³/mol. The highest BCUT2D eigenvalue weighted by atomic mass is 35.5. The zero-order valence-corrected chi connectivity index (χ0v) is 12.2.